The summed E-state index contributed by atoms with van der Waals surface area (Å²) in [6.07, 6.45) is 4.66. The molecule has 7 nitrogen and oxygen atoms in total. The Hall–Kier alpha value is -3.42. The number of ether oxygens (including phenoxy) is 3. The quantitative estimate of drug-likeness (QED) is 0.296. The van der Waals surface area contributed by atoms with E-state index in [9.17, 15) is 4.79 Å². The summed E-state index contributed by atoms with van der Waals surface area (Å²) in [5.41, 5.74) is 10.7. The number of nitrogens with two attached hydrogens (primary N) is 1. The average Bonchev–Trinajstić information content (AvgIpc) is 2.97. The zero-order valence-corrected chi connectivity index (χ0v) is 26.0. The molecule has 2 N–H and O–H groups in total. The van der Waals surface area contributed by atoms with Gasteiger partial charge in [0.25, 0.3) is 0 Å². The fourth-order valence-corrected chi connectivity index (χ4v) is 6.40. The highest BCUT2D eigenvalue weighted by Crippen LogP contribution is 2.46. The maximum absolute atomic E-state index is 14.0. The number of anilines is 2. The van der Waals surface area contributed by atoms with Crippen molar-refractivity contribution in [3.05, 3.63) is 76.3 Å². The molecule has 1 amide bonds. The van der Waals surface area contributed by atoms with E-state index in [2.05, 4.69) is 18.0 Å². The molecule has 42 heavy (non-hydrogen) atoms. The van der Waals surface area contributed by atoms with E-state index in [4.69, 9.17) is 31.5 Å². The van der Waals surface area contributed by atoms with Gasteiger partial charge in [-0.2, -0.15) is 0 Å². The molecule has 1 unspecified atom stereocenters. The Morgan fingerprint density at radius 2 is 1.64 bits per heavy atom. The molecule has 1 atom stereocenters. The van der Waals surface area contributed by atoms with Crippen molar-refractivity contribution in [1.29, 1.82) is 0 Å². The molecule has 224 valence electrons. The number of nitrogens with zero attached hydrogens (tertiary/aromatic N) is 2. The molecule has 2 aliphatic rings. The molecule has 3 aromatic rings. The number of carbonyl (C=O) groups is 1. The van der Waals surface area contributed by atoms with Gasteiger partial charge in [-0.3, -0.25) is 9.69 Å². The maximum Gasteiger partial charge on any atom is 0.232 e. The van der Waals surface area contributed by atoms with Crippen LogP contribution in [0.4, 0.5) is 11.4 Å². The van der Waals surface area contributed by atoms with Crippen molar-refractivity contribution in [3.63, 3.8) is 0 Å². The number of benzene rings is 3. The third-order valence-corrected chi connectivity index (χ3v) is 8.68. The summed E-state index contributed by atoms with van der Waals surface area (Å²) in [5.74, 6) is 2.50. The molecule has 1 saturated carbocycles. The topological polar surface area (TPSA) is 77.3 Å². The second-order valence-electron chi connectivity index (χ2n) is 11.8. The van der Waals surface area contributed by atoms with Crippen molar-refractivity contribution in [3.8, 4) is 17.2 Å². The lowest BCUT2D eigenvalue weighted by molar-refractivity contribution is -0.118. The van der Waals surface area contributed by atoms with Crippen molar-refractivity contribution < 1.29 is 19.0 Å². The Balaban J connectivity index is 1.56. The van der Waals surface area contributed by atoms with Crippen molar-refractivity contribution >= 4 is 28.9 Å². The van der Waals surface area contributed by atoms with Gasteiger partial charge < -0.3 is 24.8 Å². The first-order chi connectivity index (χ1) is 20.2. The SMILES string of the molecule is COc1cc2c(cc1OC(C)C)C(c1ccc(Cl)cc1)N(c1ccc(N(C)CC3CCC(N)CC3)cc1OC)C(=O)C2. The van der Waals surface area contributed by atoms with E-state index in [1.807, 2.05) is 67.3 Å². The Bertz CT molecular complexity index is 1400. The number of carbonyl (C=O) groups excluding carboxylic acids is 1. The first-order valence-electron chi connectivity index (χ1n) is 14.8. The Morgan fingerprint density at radius 3 is 2.29 bits per heavy atom. The molecule has 1 aliphatic heterocycles. The zero-order chi connectivity index (χ0) is 30.0. The Morgan fingerprint density at radius 1 is 0.952 bits per heavy atom. The van der Waals surface area contributed by atoms with Gasteiger partial charge >= 0.3 is 0 Å². The lowest BCUT2D eigenvalue weighted by Gasteiger charge is -2.39. The molecule has 0 saturated heterocycles. The van der Waals surface area contributed by atoms with Crippen molar-refractivity contribution in [2.24, 2.45) is 11.7 Å². The number of amides is 1. The smallest absolute Gasteiger partial charge is 0.232 e. The lowest BCUT2D eigenvalue weighted by atomic mass is 9.86. The van der Waals surface area contributed by atoms with Gasteiger partial charge in [-0.1, -0.05) is 23.7 Å². The van der Waals surface area contributed by atoms with Crippen LogP contribution in [0.5, 0.6) is 17.2 Å². The van der Waals surface area contributed by atoms with Crippen LogP contribution in [-0.2, 0) is 11.2 Å². The fraction of sp³-hybridized carbons (Fsp3) is 0.441. The molecule has 1 fully saturated rings. The van der Waals surface area contributed by atoms with Crippen molar-refractivity contribution in [2.75, 3.05) is 37.6 Å². The molecular weight excluding hydrogens is 550 g/mol. The number of fused-ring (bicyclic) bond motifs is 1. The summed E-state index contributed by atoms with van der Waals surface area (Å²) >= 11 is 6.28. The highest BCUT2D eigenvalue weighted by molar-refractivity contribution is 6.30. The summed E-state index contributed by atoms with van der Waals surface area (Å²) < 4.78 is 17.7. The molecule has 1 heterocycles. The van der Waals surface area contributed by atoms with E-state index in [0.717, 1.165) is 60.3 Å². The second kappa shape index (κ2) is 12.8. The van der Waals surface area contributed by atoms with Gasteiger partial charge in [0.1, 0.15) is 5.75 Å². The van der Waals surface area contributed by atoms with Crippen LogP contribution in [0.15, 0.2) is 54.6 Å². The molecule has 0 radical (unpaired) electrons. The molecular formula is C34H42ClN3O4. The fourth-order valence-electron chi connectivity index (χ4n) is 6.28. The molecule has 3 aromatic carbocycles. The van der Waals surface area contributed by atoms with E-state index in [0.29, 0.717) is 34.2 Å². The number of rotatable bonds is 9. The van der Waals surface area contributed by atoms with E-state index in [-0.39, 0.29) is 18.4 Å². The summed E-state index contributed by atoms with van der Waals surface area (Å²) in [6.45, 7) is 4.93. The third kappa shape index (κ3) is 6.32. The normalized spacial score (nSPS) is 20.3. The Kier molecular flexibility index (Phi) is 9.19. The van der Waals surface area contributed by atoms with Crippen LogP contribution in [0.2, 0.25) is 5.02 Å². The minimum atomic E-state index is -0.414. The van der Waals surface area contributed by atoms with Gasteiger partial charge in [0.05, 0.1) is 38.5 Å². The standard InChI is InChI=1S/C34H42ClN3O4/c1-21(2)42-32-19-28-24(16-31(32)41-5)17-33(39)38(34(28)23-8-10-25(35)11-9-23)29-15-14-27(18-30(29)40-4)37(3)20-22-6-12-26(36)13-7-22/h8-11,14-16,18-19,21-22,26,34H,6-7,12-13,17,20,36H2,1-5H3. The number of methoxy groups -OCH3 is 2. The van der Waals surface area contributed by atoms with Crippen LogP contribution in [-0.4, -0.2) is 45.9 Å². The second-order valence-corrected chi connectivity index (χ2v) is 12.2. The van der Waals surface area contributed by atoms with Gasteiger partial charge in [0, 0.05) is 36.4 Å². The molecule has 0 spiro atoms. The van der Waals surface area contributed by atoms with Gasteiger partial charge in [0.15, 0.2) is 11.5 Å². The first-order valence-corrected chi connectivity index (χ1v) is 15.2. The minimum absolute atomic E-state index is 0.0278. The van der Waals surface area contributed by atoms with Crippen LogP contribution in [0, 0.1) is 5.92 Å². The lowest BCUT2D eigenvalue weighted by Crippen LogP contribution is -2.41. The summed E-state index contributed by atoms with van der Waals surface area (Å²) in [5, 5.41) is 0.635. The Labute approximate surface area is 254 Å². The van der Waals surface area contributed by atoms with Crippen molar-refractivity contribution in [1.82, 2.24) is 0 Å². The zero-order valence-electron chi connectivity index (χ0n) is 25.2. The monoisotopic (exact) mass is 591 g/mol. The third-order valence-electron chi connectivity index (χ3n) is 8.42. The molecule has 8 heteroatoms. The summed E-state index contributed by atoms with van der Waals surface area (Å²) in [7, 11) is 5.39. The van der Waals surface area contributed by atoms with E-state index >= 15 is 0 Å². The van der Waals surface area contributed by atoms with E-state index in [1.165, 1.54) is 0 Å². The predicted molar refractivity (Wildman–Crippen MR) is 169 cm³/mol. The number of hydrogen-bond donors (Lipinski definition) is 1. The average molecular weight is 592 g/mol. The first kappa shape index (κ1) is 30.1. The van der Waals surface area contributed by atoms with Gasteiger partial charge in [-0.25, -0.2) is 0 Å². The molecule has 1 aliphatic carbocycles. The van der Waals surface area contributed by atoms with Crippen LogP contribution < -0.4 is 29.7 Å². The summed E-state index contributed by atoms with van der Waals surface area (Å²) in [6, 6.07) is 17.6. The number of halogens is 1. The maximum atomic E-state index is 14.0. The largest absolute Gasteiger partial charge is 0.494 e. The minimum Gasteiger partial charge on any atom is -0.494 e. The highest BCUT2D eigenvalue weighted by atomic mass is 35.5. The van der Waals surface area contributed by atoms with Gasteiger partial charge in [-0.05, 0) is 98.5 Å². The van der Waals surface area contributed by atoms with Gasteiger partial charge in [-0.15, -0.1) is 0 Å². The van der Waals surface area contributed by atoms with Crippen LogP contribution in [0.3, 0.4) is 0 Å². The van der Waals surface area contributed by atoms with Crippen LogP contribution >= 0.6 is 11.6 Å². The summed E-state index contributed by atoms with van der Waals surface area (Å²) in [4.78, 5) is 18.1. The molecule has 5 rings (SSSR count). The van der Waals surface area contributed by atoms with Crippen LogP contribution in [0.1, 0.15) is 62.3 Å². The van der Waals surface area contributed by atoms with E-state index < -0.39 is 6.04 Å². The number of hydrogen-bond acceptors (Lipinski definition) is 6. The molecule has 0 bridgehead atoms. The van der Waals surface area contributed by atoms with Crippen molar-refractivity contribution in [2.45, 2.75) is 64.1 Å². The van der Waals surface area contributed by atoms with E-state index in [1.54, 1.807) is 14.2 Å². The van der Waals surface area contributed by atoms with Crippen LogP contribution in [0.25, 0.3) is 0 Å². The highest BCUT2D eigenvalue weighted by Gasteiger charge is 2.37. The molecule has 0 aromatic heterocycles. The van der Waals surface area contributed by atoms with Gasteiger partial charge in [0.2, 0.25) is 5.91 Å². The predicted octanol–water partition coefficient (Wildman–Crippen LogP) is 6.78.